The van der Waals surface area contributed by atoms with E-state index in [1.165, 1.54) is 11.3 Å². The molecule has 0 bridgehead atoms. The van der Waals surface area contributed by atoms with E-state index in [1.54, 1.807) is 6.07 Å². The standard InChI is InChI=1S/C18H22N2O2S/c1-3-14-7-4-6-13(2)17(14)20-16(21)8-5-10-19-18(22)15-9-11-23-12-15/h4,6-7,9,11-12H,3,5,8,10H2,1-2H3,(H,19,22)(H,20,21). The highest BCUT2D eigenvalue weighted by Gasteiger charge is 2.09. The van der Waals surface area contributed by atoms with E-state index in [2.05, 4.69) is 17.6 Å². The second kappa shape index (κ2) is 8.48. The van der Waals surface area contributed by atoms with E-state index in [9.17, 15) is 9.59 Å². The minimum Gasteiger partial charge on any atom is -0.352 e. The van der Waals surface area contributed by atoms with Crippen molar-refractivity contribution in [2.24, 2.45) is 0 Å². The lowest BCUT2D eigenvalue weighted by Gasteiger charge is -2.13. The Bertz CT molecular complexity index is 666. The minimum absolute atomic E-state index is 0.0150. The molecular formula is C18H22N2O2S. The number of nitrogens with one attached hydrogen (secondary N) is 2. The molecule has 2 N–H and O–H groups in total. The number of thiophene rings is 1. The van der Waals surface area contributed by atoms with E-state index in [0.717, 1.165) is 23.2 Å². The number of carbonyl (C=O) groups excluding carboxylic acids is 2. The molecule has 0 aliphatic carbocycles. The zero-order valence-corrected chi connectivity index (χ0v) is 14.3. The van der Waals surface area contributed by atoms with Gasteiger partial charge in [-0.2, -0.15) is 11.3 Å². The summed E-state index contributed by atoms with van der Waals surface area (Å²) in [7, 11) is 0. The molecule has 0 fully saturated rings. The van der Waals surface area contributed by atoms with Crippen LogP contribution in [0.15, 0.2) is 35.0 Å². The fraction of sp³-hybridized carbons (Fsp3) is 0.333. The Kier molecular flexibility index (Phi) is 6.35. The summed E-state index contributed by atoms with van der Waals surface area (Å²) in [6.45, 7) is 4.57. The predicted molar refractivity (Wildman–Crippen MR) is 95.1 cm³/mol. The molecule has 2 amide bonds. The zero-order chi connectivity index (χ0) is 16.7. The van der Waals surface area contributed by atoms with E-state index >= 15 is 0 Å². The minimum atomic E-state index is -0.0844. The van der Waals surface area contributed by atoms with E-state index in [-0.39, 0.29) is 11.8 Å². The van der Waals surface area contributed by atoms with Gasteiger partial charge < -0.3 is 10.6 Å². The topological polar surface area (TPSA) is 58.2 Å². The summed E-state index contributed by atoms with van der Waals surface area (Å²) in [4.78, 5) is 23.8. The number of hydrogen-bond donors (Lipinski definition) is 2. The first kappa shape index (κ1) is 17.2. The lowest BCUT2D eigenvalue weighted by atomic mass is 10.1. The van der Waals surface area contributed by atoms with Gasteiger partial charge in [0.05, 0.1) is 0 Å². The van der Waals surface area contributed by atoms with Crippen LogP contribution in [0.1, 0.15) is 41.3 Å². The quantitative estimate of drug-likeness (QED) is 0.759. The molecule has 23 heavy (non-hydrogen) atoms. The van der Waals surface area contributed by atoms with Gasteiger partial charge in [0.2, 0.25) is 5.91 Å². The van der Waals surface area contributed by atoms with Gasteiger partial charge in [0.15, 0.2) is 0 Å². The molecule has 0 aliphatic rings. The molecule has 2 rings (SSSR count). The highest BCUT2D eigenvalue weighted by Crippen LogP contribution is 2.21. The zero-order valence-electron chi connectivity index (χ0n) is 13.5. The second-order valence-corrected chi connectivity index (χ2v) is 6.16. The first-order valence-corrected chi connectivity index (χ1v) is 8.74. The van der Waals surface area contributed by atoms with Crippen LogP contribution >= 0.6 is 11.3 Å². The van der Waals surface area contributed by atoms with Gasteiger partial charge in [0.1, 0.15) is 0 Å². The molecule has 0 radical (unpaired) electrons. The molecule has 1 heterocycles. The molecule has 1 aromatic heterocycles. The number of carbonyl (C=O) groups is 2. The summed E-state index contributed by atoms with van der Waals surface area (Å²) in [6.07, 6.45) is 1.89. The third kappa shape index (κ3) is 4.93. The summed E-state index contributed by atoms with van der Waals surface area (Å²) in [5, 5.41) is 9.50. The Balaban J connectivity index is 1.77. The van der Waals surface area contributed by atoms with Crippen LogP contribution in [0, 0.1) is 6.92 Å². The van der Waals surface area contributed by atoms with Gasteiger partial charge in [0, 0.05) is 29.6 Å². The van der Waals surface area contributed by atoms with Crippen molar-refractivity contribution in [1.82, 2.24) is 5.32 Å². The average molecular weight is 330 g/mol. The van der Waals surface area contributed by atoms with Crippen molar-refractivity contribution in [3.63, 3.8) is 0 Å². The van der Waals surface area contributed by atoms with Crippen LogP contribution in [-0.4, -0.2) is 18.4 Å². The summed E-state index contributed by atoms with van der Waals surface area (Å²) in [5.74, 6) is -0.0994. The van der Waals surface area contributed by atoms with Crippen molar-refractivity contribution < 1.29 is 9.59 Å². The number of amides is 2. The SMILES string of the molecule is CCc1cccc(C)c1NC(=O)CCCNC(=O)c1ccsc1. The van der Waals surface area contributed by atoms with Crippen molar-refractivity contribution in [2.45, 2.75) is 33.1 Å². The highest BCUT2D eigenvalue weighted by atomic mass is 32.1. The smallest absolute Gasteiger partial charge is 0.252 e. The molecule has 1 aromatic carbocycles. The average Bonchev–Trinajstić information content (AvgIpc) is 3.08. The summed E-state index contributed by atoms with van der Waals surface area (Å²) >= 11 is 1.49. The van der Waals surface area contributed by atoms with Gasteiger partial charge in [-0.3, -0.25) is 9.59 Å². The number of rotatable bonds is 7. The molecule has 5 heteroatoms. The maximum atomic E-state index is 12.1. The van der Waals surface area contributed by atoms with Gasteiger partial charge in [0.25, 0.3) is 5.91 Å². The monoisotopic (exact) mass is 330 g/mol. The number of para-hydroxylation sites is 1. The summed E-state index contributed by atoms with van der Waals surface area (Å²) in [5.41, 5.74) is 3.81. The Morgan fingerprint density at radius 2 is 2.04 bits per heavy atom. The van der Waals surface area contributed by atoms with E-state index in [1.807, 2.05) is 35.9 Å². The maximum absolute atomic E-state index is 12.1. The molecular weight excluding hydrogens is 308 g/mol. The lowest BCUT2D eigenvalue weighted by Crippen LogP contribution is -2.25. The highest BCUT2D eigenvalue weighted by molar-refractivity contribution is 7.08. The number of benzene rings is 1. The Morgan fingerprint density at radius 3 is 2.74 bits per heavy atom. The molecule has 0 atom stereocenters. The van der Waals surface area contributed by atoms with Gasteiger partial charge >= 0.3 is 0 Å². The van der Waals surface area contributed by atoms with Gasteiger partial charge in [-0.05, 0) is 42.3 Å². The number of aryl methyl sites for hydroxylation is 2. The molecule has 4 nitrogen and oxygen atoms in total. The fourth-order valence-electron chi connectivity index (χ4n) is 2.35. The van der Waals surface area contributed by atoms with Crippen molar-refractivity contribution >= 4 is 28.8 Å². The Labute approximate surface area is 140 Å². The van der Waals surface area contributed by atoms with Crippen LogP contribution in [0.2, 0.25) is 0 Å². The van der Waals surface area contributed by atoms with Crippen molar-refractivity contribution in [1.29, 1.82) is 0 Å². The molecule has 0 saturated carbocycles. The molecule has 2 aromatic rings. The van der Waals surface area contributed by atoms with Gasteiger partial charge in [-0.25, -0.2) is 0 Å². The van der Waals surface area contributed by atoms with Crippen LogP contribution in [0.25, 0.3) is 0 Å². The van der Waals surface area contributed by atoms with Crippen LogP contribution < -0.4 is 10.6 Å². The summed E-state index contributed by atoms with van der Waals surface area (Å²) < 4.78 is 0. The van der Waals surface area contributed by atoms with Crippen molar-refractivity contribution in [3.05, 3.63) is 51.7 Å². The lowest BCUT2D eigenvalue weighted by molar-refractivity contribution is -0.116. The first-order chi connectivity index (χ1) is 11.1. The first-order valence-electron chi connectivity index (χ1n) is 7.80. The molecule has 0 saturated heterocycles. The molecule has 0 spiro atoms. The third-order valence-corrected chi connectivity index (χ3v) is 4.34. The number of hydrogen-bond acceptors (Lipinski definition) is 3. The van der Waals surface area contributed by atoms with E-state index in [0.29, 0.717) is 24.9 Å². The van der Waals surface area contributed by atoms with E-state index in [4.69, 9.17) is 0 Å². The van der Waals surface area contributed by atoms with Crippen LogP contribution in [0.5, 0.6) is 0 Å². The normalized spacial score (nSPS) is 10.3. The maximum Gasteiger partial charge on any atom is 0.252 e. The number of anilines is 1. The van der Waals surface area contributed by atoms with Crippen molar-refractivity contribution in [3.8, 4) is 0 Å². The predicted octanol–water partition coefficient (Wildman–Crippen LogP) is 3.77. The molecule has 0 aliphatic heterocycles. The Morgan fingerprint density at radius 1 is 1.22 bits per heavy atom. The van der Waals surface area contributed by atoms with Crippen LogP contribution in [-0.2, 0) is 11.2 Å². The second-order valence-electron chi connectivity index (χ2n) is 5.38. The van der Waals surface area contributed by atoms with Gasteiger partial charge in [-0.15, -0.1) is 0 Å². The summed E-state index contributed by atoms with van der Waals surface area (Å²) in [6, 6.07) is 7.82. The van der Waals surface area contributed by atoms with E-state index < -0.39 is 0 Å². The van der Waals surface area contributed by atoms with Gasteiger partial charge in [-0.1, -0.05) is 25.1 Å². The Hall–Kier alpha value is -2.14. The van der Waals surface area contributed by atoms with Crippen LogP contribution in [0.4, 0.5) is 5.69 Å². The third-order valence-electron chi connectivity index (χ3n) is 3.65. The fourth-order valence-corrected chi connectivity index (χ4v) is 2.99. The van der Waals surface area contributed by atoms with Crippen molar-refractivity contribution in [2.75, 3.05) is 11.9 Å². The van der Waals surface area contributed by atoms with Crippen LogP contribution in [0.3, 0.4) is 0 Å². The largest absolute Gasteiger partial charge is 0.352 e. The molecule has 0 unspecified atom stereocenters. The molecule has 122 valence electrons.